The molecule has 160 valence electrons. The number of hydrogen-bond donors (Lipinski definition) is 3. The first-order chi connectivity index (χ1) is 14.8. The van der Waals surface area contributed by atoms with Crippen LogP contribution in [0.25, 0.3) is 16.9 Å². The van der Waals surface area contributed by atoms with Gasteiger partial charge in [-0.15, -0.1) is 9.62 Å². The summed E-state index contributed by atoms with van der Waals surface area (Å²) in [4.78, 5) is 45.5. The molecule has 1 saturated heterocycles. The van der Waals surface area contributed by atoms with Gasteiger partial charge < -0.3 is 4.74 Å². The maximum atomic E-state index is 12.3. The Bertz CT molecular complexity index is 1150. The molecule has 2 atom stereocenters. The monoisotopic (exact) mass is 444 g/mol. The van der Waals surface area contributed by atoms with Crippen LogP contribution in [0.4, 0.5) is 10.5 Å². The van der Waals surface area contributed by atoms with Crippen molar-refractivity contribution in [2.45, 2.75) is 25.5 Å². The summed E-state index contributed by atoms with van der Waals surface area (Å²) in [5.41, 5.74) is 4.35. The lowest BCUT2D eigenvalue weighted by atomic mass is 10.0. The van der Waals surface area contributed by atoms with Gasteiger partial charge in [0.2, 0.25) is 0 Å². The minimum atomic E-state index is -4.40. The van der Waals surface area contributed by atoms with E-state index in [1.165, 1.54) is 4.90 Å². The Morgan fingerprint density at radius 1 is 1.23 bits per heavy atom. The van der Waals surface area contributed by atoms with E-state index in [9.17, 15) is 4.79 Å². The molecule has 31 heavy (non-hydrogen) atoms. The SMILES string of the molecule is Cc1cn(-c2ccc(-c3ccc4c(c3)C[C@H]3[C@H](CO[P+](O)(O)O)OC(=O)N43)cn2)nn1. The van der Waals surface area contributed by atoms with Gasteiger partial charge in [0.25, 0.3) is 0 Å². The van der Waals surface area contributed by atoms with Crippen molar-refractivity contribution in [3.63, 3.8) is 0 Å². The van der Waals surface area contributed by atoms with Gasteiger partial charge in [-0.3, -0.25) is 4.90 Å². The lowest BCUT2D eigenvalue weighted by Crippen LogP contribution is -2.35. The number of hydrogen-bond acceptors (Lipinski definition) is 9. The first-order valence-corrected chi connectivity index (χ1v) is 11.1. The standard InChI is InChI=1S/C19H19N5O6P/c1-11-9-23(22-21-11)18-5-3-13(8-20-18)12-2-4-15-14(6-12)7-16-17(10-29-31(26,27)28)30-19(25)24(15)16/h2-6,8-9,16-17,26-28H,7,10H2,1H3/q+1/t16-,17-/m0/s1. The summed E-state index contributed by atoms with van der Waals surface area (Å²) in [5.74, 6) is 0.660. The number of aromatic nitrogens is 4. The van der Waals surface area contributed by atoms with Crippen LogP contribution >= 0.6 is 8.17 Å². The number of fused-ring (bicyclic) bond motifs is 3. The summed E-state index contributed by atoms with van der Waals surface area (Å²) in [7, 11) is -4.40. The molecular weight excluding hydrogens is 425 g/mol. The highest BCUT2D eigenvalue weighted by atomic mass is 31.2. The third-order valence-corrected chi connectivity index (χ3v) is 5.81. The van der Waals surface area contributed by atoms with Gasteiger partial charge in [-0.05, 0) is 48.7 Å². The second-order valence-corrected chi connectivity index (χ2v) is 8.71. The van der Waals surface area contributed by atoms with Crippen molar-refractivity contribution in [1.29, 1.82) is 0 Å². The number of nitrogens with zero attached hydrogens (tertiary/aromatic N) is 5. The van der Waals surface area contributed by atoms with Gasteiger partial charge >= 0.3 is 14.3 Å². The van der Waals surface area contributed by atoms with Gasteiger partial charge in [0.1, 0.15) is 6.61 Å². The fourth-order valence-electron chi connectivity index (χ4n) is 3.93. The molecule has 2 aromatic heterocycles. The van der Waals surface area contributed by atoms with Crippen LogP contribution in [0, 0.1) is 6.92 Å². The summed E-state index contributed by atoms with van der Waals surface area (Å²) in [5, 5.41) is 7.97. The highest BCUT2D eigenvalue weighted by Crippen LogP contribution is 2.47. The Hall–Kier alpha value is -2.95. The quantitative estimate of drug-likeness (QED) is 0.500. The smallest absolute Gasteiger partial charge is 0.441 e. The molecule has 2 aliphatic rings. The Balaban J connectivity index is 1.37. The van der Waals surface area contributed by atoms with Crippen molar-refractivity contribution in [1.82, 2.24) is 20.0 Å². The van der Waals surface area contributed by atoms with Crippen molar-refractivity contribution in [3.8, 4) is 16.9 Å². The zero-order valence-electron chi connectivity index (χ0n) is 16.4. The number of aryl methyl sites for hydroxylation is 1. The van der Waals surface area contributed by atoms with Crippen LogP contribution in [-0.2, 0) is 15.7 Å². The number of pyridine rings is 1. The highest BCUT2D eigenvalue weighted by Gasteiger charge is 2.49. The Labute approximate surface area is 177 Å². The van der Waals surface area contributed by atoms with Crippen LogP contribution in [0.2, 0.25) is 0 Å². The number of carbonyl (C=O) groups is 1. The lowest BCUT2D eigenvalue weighted by molar-refractivity contribution is 0.0659. The summed E-state index contributed by atoms with van der Waals surface area (Å²) in [6, 6.07) is 9.20. The van der Waals surface area contributed by atoms with E-state index in [1.807, 2.05) is 37.3 Å². The van der Waals surface area contributed by atoms with Gasteiger partial charge in [-0.1, -0.05) is 11.3 Å². The van der Waals surface area contributed by atoms with E-state index >= 15 is 0 Å². The average Bonchev–Trinajstić information content (AvgIpc) is 3.41. The molecule has 0 aliphatic carbocycles. The number of carbonyl (C=O) groups excluding carboxylic acids is 1. The molecule has 2 aliphatic heterocycles. The minimum absolute atomic E-state index is 0.307. The third-order valence-electron chi connectivity index (χ3n) is 5.31. The summed E-state index contributed by atoms with van der Waals surface area (Å²) < 4.78 is 11.5. The number of ether oxygens (including phenoxy) is 1. The van der Waals surface area contributed by atoms with Crippen molar-refractivity contribution in [2.75, 3.05) is 11.5 Å². The molecule has 12 heteroatoms. The number of cyclic esters (lactones) is 1. The molecule has 0 bridgehead atoms. The fraction of sp³-hybridized carbons (Fsp3) is 0.263. The van der Waals surface area contributed by atoms with Gasteiger partial charge in [-0.25, -0.2) is 14.5 Å². The molecule has 0 radical (unpaired) electrons. The zero-order valence-corrected chi connectivity index (χ0v) is 17.3. The molecule has 0 saturated carbocycles. The number of rotatable bonds is 5. The van der Waals surface area contributed by atoms with E-state index in [0.29, 0.717) is 12.2 Å². The molecule has 0 unspecified atom stereocenters. The first-order valence-electron chi connectivity index (χ1n) is 9.49. The fourth-order valence-corrected chi connectivity index (χ4v) is 4.27. The first kappa shape index (κ1) is 20.0. The van der Waals surface area contributed by atoms with Crippen molar-refractivity contribution in [2.24, 2.45) is 0 Å². The van der Waals surface area contributed by atoms with Crippen molar-refractivity contribution < 1.29 is 28.7 Å². The van der Waals surface area contributed by atoms with Crippen LogP contribution in [0.3, 0.4) is 0 Å². The van der Waals surface area contributed by atoms with E-state index in [2.05, 4.69) is 19.8 Å². The molecule has 1 amide bonds. The van der Waals surface area contributed by atoms with Crippen LogP contribution in [-0.4, -0.2) is 59.5 Å². The Kier molecular flexibility index (Phi) is 4.72. The number of anilines is 1. The molecule has 3 aromatic rings. The molecule has 5 rings (SSSR count). The number of amides is 1. The maximum Gasteiger partial charge on any atom is 0.567 e. The van der Waals surface area contributed by atoms with Crippen LogP contribution in [0.15, 0.2) is 42.7 Å². The summed E-state index contributed by atoms with van der Waals surface area (Å²) in [6.45, 7) is 1.55. The molecule has 1 fully saturated rings. The predicted molar refractivity (Wildman–Crippen MR) is 109 cm³/mol. The molecule has 11 nitrogen and oxygen atoms in total. The Morgan fingerprint density at radius 2 is 2.03 bits per heavy atom. The van der Waals surface area contributed by atoms with E-state index in [-0.39, 0.29) is 12.6 Å². The normalized spacial score (nSPS) is 20.0. The highest BCUT2D eigenvalue weighted by molar-refractivity contribution is 7.53. The molecule has 1 aromatic carbocycles. The van der Waals surface area contributed by atoms with Gasteiger partial charge in [0.05, 0.1) is 23.6 Å². The zero-order chi connectivity index (χ0) is 21.8. The summed E-state index contributed by atoms with van der Waals surface area (Å²) in [6.07, 6.45) is 2.81. The van der Waals surface area contributed by atoms with E-state index < -0.39 is 20.4 Å². The van der Waals surface area contributed by atoms with E-state index in [4.69, 9.17) is 19.4 Å². The van der Waals surface area contributed by atoms with Crippen LogP contribution < -0.4 is 4.90 Å². The molecule has 0 spiro atoms. The second-order valence-electron chi connectivity index (χ2n) is 7.43. The van der Waals surface area contributed by atoms with Gasteiger partial charge in [0.15, 0.2) is 11.9 Å². The van der Waals surface area contributed by atoms with Crippen LogP contribution in [0.5, 0.6) is 0 Å². The van der Waals surface area contributed by atoms with Gasteiger partial charge in [0, 0.05) is 11.8 Å². The largest absolute Gasteiger partial charge is 0.567 e. The second kappa shape index (κ2) is 7.33. The van der Waals surface area contributed by atoms with Crippen molar-refractivity contribution in [3.05, 3.63) is 54.0 Å². The Morgan fingerprint density at radius 3 is 2.71 bits per heavy atom. The lowest BCUT2D eigenvalue weighted by Gasteiger charge is -2.15. The molecule has 3 N–H and O–H groups in total. The van der Waals surface area contributed by atoms with E-state index in [1.54, 1.807) is 17.1 Å². The van der Waals surface area contributed by atoms with Crippen molar-refractivity contribution >= 4 is 20.0 Å². The topological polar surface area (TPSA) is 143 Å². The minimum Gasteiger partial charge on any atom is -0.441 e. The van der Waals surface area contributed by atoms with Crippen LogP contribution in [0.1, 0.15) is 11.3 Å². The number of benzene rings is 1. The average molecular weight is 444 g/mol. The third kappa shape index (κ3) is 3.78. The van der Waals surface area contributed by atoms with E-state index in [0.717, 1.165) is 28.1 Å². The predicted octanol–water partition coefficient (Wildman–Crippen LogP) is 1.56. The summed E-state index contributed by atoms with van der Waals surface area (Å²) >= 11 is 0. The maximum absolute atomic E-state index is 12.3. The van der Waals surface area contributed by atoms with Gasteiger partial charge in [-0.2, -0.15) is 14.7 Å². The molecular formula is C19H19N5O6P+. The molecule has 4 heterocycles.